The quantitative estimate of drug-likeness (QED) is 0.763. The Balaban J connectivity index is 1.83. The number of hydrogen-bond donors (Lipinski definition) is 0. The fourth-order valence-corrected chi connectivity index (χ4v) is 3.02. The van der Waals surface area contributed by atoms with Crippen molar-refractivity contribution in [2.75, 3.05) is 13.1 Å². The molecular formula is C17H26N2O. The van der Waals surface area contributed by atoms with Gasteiger partial charge in [0, 0.05) is 37.8 Å². The van der Waals surface area contributed by atoms with Gasteiger partial charge >= 0.3 is 0 Å². The maximum absolute atomic E-state index is 12.4. The van der Waals surface area contributed by atoms with Crippen molar-refractivity contribution in [2.45, 2.75) is 51.9 Å². The van der Waals surface area contributed by atoms with Crippen LogP contribution in [0.1, 0.15) is 51.1 Å². The Labute approximate surface area is 122 Å². The van der Waals surface area contributed by atoms with Crippen molar-refractivity contribution < 1.29 is 4.79 Å². The summed E-state index contributed by atoms with van der Waals surface area (Å²) in [5.41, 5.74) is 1.07. The van der Waals surface area contributed by atoms with E-state index in [1.54, 1.807) is 0 Å². The lowest BCUT2D eigenvalue weighted by Crippen LogP contribution is -2.34. The fourth-order valence-electron chi connectivity index (χ4n) is 3.02. The van der Waals surface area contributed by atoms with Crippen molar-refractivity contribution in [3.8, 4) is 0 Å². The van der Waals surface area contributed by atoms with Gasteiger partial charge in [0.25, 0.3) is 0 Å². The molecule has 0 N–H and O–H groups in total. The Morgan fingerprint density at radius 2 is 2.10 bits per heavy atom. The maximum atomic E-state index is 12.4. The van der Waals surface area contributed by atoms with Crippen LogP contribution in [0.4, 0.5) is 0 Å². The zero-order chi connectivity index (χ0) is 14.2. The molecule has 0 atom stereocenters. The predicted octanol–water partition coefficient (Wildman–Crippen LogP) is 3.44. The predicted molar refractivity (Wildman–Crippen MR) is 81.4 cm³/mol. The first-order valence-corrected chi connectivity index (χ1v) is 7.97. The second-order valence-electron chi connectivity index (χ2n) is 5.81. The van der Waals surface area contributed by atoms with Crippen molar-refractivity contribution in [3.05, 3.63) is 30.1 Å². The monoisotopic (exact) mass is 274 g/mol. The zero-order valence-electron chi connectivity index (χ0n) is 12.6. The molecule has 0 unspecified atom stereocenters. The van der Waals surface area contributed by atoms with E-state index in [0.29, 0.717) is 11.8 Å². The molecule has 1 aromatic heterocycles. The minimum atomic E-state index is 0.342. The lowest BCUT2D eigenvalue weighted by atomic mass is 10.0. The van der Waals surface area contributed by atoms with E-state index in [0.717, 1.165) is 38.0 Å². The summed E-state index contributed by atoms with van der Waals surface area (Å²) in [4.78, 5) is 18.8. The number of nitrogens with zero attached hydrogens (tertiary/aromatic N) is 2. The van der Waals surface area contributed by atoms with E-state index in [-0.39, 0.29) is 0 Å². The highest BCUT2D eigenvalue weighted by Gasteiger charge is 2.21. The highest BCUT2D eigenvalue weighted by atomic mass is 16.2. The third-order valence-corrected chi connectivity index (χ3v) is 4.15. The molecule has 3 nitrogen and oxygen atoms in total. The lowest BCUT2D eigenvalue weighted by Gasteiger charge is -2.23. The number of aromatic nitrogens is 1. The molecule has 1 aromatic rings. The molecule has 20 heavy (non-hydrogen) atoms. The van der Waals surface area contributed by atoms with Crippen LogP contribution in [0.5, 0.6) is 0 Å². The van der Waals surface area contributed by atoms with Crippen molar-refractivity contribution in [3.63, 3.8) is 0 Å². The van der Waals surface area contributed by atoms with Gasteiger partial charge in [-0.2, -0.15) is 0 Å². The highest BCUT2D eigenvalue weighted by molar-refractivity contribution is 5.76. The molecule has 2 rings (SSSR count). The first-order valence-electron chi connectivity index (χ1n) is 7.97. The van der Waals surface area contributed by atoms with Crippen LogP contribution in [0.15, 0.2) is 24.4 Å². The number of rotatable bonds is 7. The van der Waals surface area contributed by atoms with Crippen LogP contribution in [-0.2, 0) is 11.2 Å². The van der Waals surface area contributed by atoms with E-state index in [1.807, 2.05) is 29.3 Å². The van der Waals surface area contributed by atoms with E-state index in [2.05, 4.69) is 11.9 Å². The molecule has 3 heteroatoms. The van der Waals surface area contributed by atoms with E-state index in [9.17, 15) is 4.79 Å². The van der Waals surface area contributed by atoms with Gasteiger partial charge < -0.3 is 4.90 Å². The van der Waals surface area contributed by atoms with Crippen LogP contribution in [-0.4, -0.2) is 28.9 Å². The van der Waals surface area contributed by atoms with Gasteiger partial charge in [-0.1, -0.05) is 25.8 Å². The molecule has 110 valence electrons. The average Bonchev–Trinajstić information content (AvgIpc) is 2.97. The first kappa shape index (κ1) is 15.0. The van der Waals surface area contributed by atoms with Crippen LogP contribution in [0.25, 0.3) is 0 Å². The SMILES string of the molecule is CCCN(CCc1ccccn1)C(=O)CC1CCCC1. The summed E-state index contributed by atoms with van der Waals surface area (Å²) in [5.74, 6) is 0.978. The fraction of sp³-hybridized carbons (Fsp3) is 0.647. The number of carbonyl (C=O) groups is 1. The van der Waals surface area contributed by atoms with Gasteiger partial charge in [-0.3, -0.25) is 9.78 Å². The van der Waals surface area contributed by atoms with E-state index in [4.69, 9.17) is 0 Å². The standard InChI is InChI=1S/C17H26N2O/c1-2-12-19(13-10-16-9-5-6-11-18-16)17(20)14-15-7-3-4-8-15/h5-6,9,11,15H,2-4,7-8,10,12-14H2,1H3. The van der Waals surface area contributed by atoms with Crippen molar-refractivity contribution in [1.29, 1.82) is 0 Å². The Morgan fingerprint density at radius 3 is 2.75 bits per heavy atom. The summed E-state index contributed by atoms with van der Waals surface area (Å²) in [6.45, 7) is 3.81. The van der Waals surface area contributed by atoms with Crippen molar-refractivity contribution in [1.82, 2.24) is 9.88 Å². The number of amides is 1. The summed E-state index contributed by atoms with van der Waals surface area (Å²) in [7, 11) is 0. The molecule has 0 bridgehead atoms. The smallest absolute Gasteiger partial charge is 0.222 e. The molecule has 0 spiro atoms. The molecule has 1 aliphatic carbocycles. The van der Waals surface area contributed by atoms with Gasteiger partial charge in [-0.15, -0.1) is 0 Å². The van der Waals surface area contributed by atoms with E-state index in [1.165, 1.54) is 25.7 Å². The van der Waals surface area contributed by atoms with Gasteiger partial charge in [0.05, 0.1) is 0 Å². The second-order valence-corrected chi connectivity index (χ2v) is 5.81. The van der Waals surface area contributed by atoms with Crippen LogP contribution < -0.4 is 0 Å². The minimum absolute atomic E-state index is 0.342. The van der Waals surface area contributed by atoms with Crippen LogP contribution >= 0.6 is 0 Å². The molecule has 0 aromatic carbocycles. The van der Waals surface area contributed by atoms with Gasteiger partial charge in [0.2, 0.25) is 5.91 Å². The Morgan fingerprint density at radius 1 is 1.30 bits per heavy atom. The highest BCUT2D eigenvalue weighted by Crippen LogP contribution is 2.28. The van der Waals surface area contributed by atoms with E-state index >= 15 is 0 Å². The molecule has 0 aliphatic heterocycles. The zero-order valence-corrected chi connectivity index (χ0v) is 12.6. The largest absolute Gasteiger partial charge is 0.342 e. The van der Waals surface area contributed by atoms with Crippen LogP contribution in [0.2, 0.25) is 0 Å². The third-order valence-electron chi connectivity index (χ3n) is 4.15. The van der Waals surface area contributed by atoms with Gasteiger partial charge in [0.15, 0.2) is 0 Å². The maximum Gasteiger partial charge on any atom is 0.222 e. The van der Waals surface area contributed by atoms with Gasteiger partial charge in [0.1, 0.15) is 0 Å². The molecule has 1 amide bonds. The number of carbonyl (C=O) groups excluding carboxylic acids is 1. The van der Waals surface area contributed by atoms with Gasteiger partial charge in [-0.25, -0.2) is 0 Å². The molecule has 1 heterocycles. The van der Waals surface area contributed by atoms with Gasteiger partial charge in [-0.05, 0) is 37.3 Å². The molecule has 1 fully saturated rings. The van der Waals surface area contributed by atoms with Crippen molar-refractivity contribution in [2.24, 2.45) is 5.92 Å². The molecule has 1 saturated carbocycles. The summed E-state index contributed by atoms with van der Waals surface area (Å²) in [5, 5.41) is 0. The average molecular weight is 274 g/mol. The van der Waals surface area contributed by atoms with Crippen LogP contribution in [0.3, 0.4) is 0 Å². The Kier molecular flexibility index (Phi) is 6.03. The summed E-state index contributed by atoms with van der Waals surface area (Å²) >= 11 is 0. The normalized spacial score (nSPS) is 15.4. The molecular weight excluding hydrogens is 248 g/mol. The summed E-state index contributed by atoms with van der Waals surface area (Å²) in [6, 6.07) is 5.97. The number of hydrogen-bond acceptors (Lipinski definition) is 2. The third kappa shape index (κ3) is 4.62. The Bertz CT molecular complexity index is 399. The minimum Gasteiger partial charge on any atom is -0.342 e. The summed E-state index contributed by atoms with van der Waals surface area (Å²) < 4.78 is 0. The topological polar surface area (TPSA) is 33.2 Å². The Hall–Kier alpha value is -1.38. The molecule has 0 saturated heterocycles. The summed E-state index contributed by atoms with van der Waals surface area (Å²) in [6.07, 6.45) is 9.55. The second kappa shape index (κ2) is 8.03. The molecule has 1 aliphatic rings. The lowest BCUT2D eigenvalue weighted by molar-refractivity contribution is -0.132. The number of pyridine rings is 1. The first-order chi connectivity index (χ1) is 9.79. The van der Waals surface area contributed by atoms with E-state index < -0.39 is 0 Å². The molecule has 0 radical (unpaired) electrons. The van der Waals surface area contributed by atoms with Crippen molar-refractivity contribution >= 4 is 5.91 Å². The van der Waals surface area contributed by atoms with Crippen LogP contribution in [0, 0.1) is 5.92 Å².